The minimum Gasteiger partial charge on any atom is -0.756 e. The predicted octanol–water partition coefficient (Wildman–Crippen LogP) is 21.2. The van der Waals surface area contributed by atoms with Crippen LogP contribution in [0, 0.1) is 0 Å². The molecule has 9 nitrogen and oxygen atoms in total. The zero-order valence-corrected chi connectivity index (χ0v) is 55.2. The standard InChI is InChI=1S/C74H124NO8P/c1-6-8-10-12-14-16-18-20-22-24-26-27-28-29-30-31-32-33-34-35-36-37-38-39-40-41-42-43-44-45-46-47-49-51-53-55-57-59-61-63-65-67-74(77)83-72(71-82-84(78,79)81-69-68-75(3,4)5)70-80-73(76)66-64-62-60-58-56-54-52-50-48-25-23-21-19-17-15-13-11-9-7-2/h8-11,14-17,20-23,26-27,29-30,32-33,35-36,38-39,48,50,72H,6-7,12-13,18-19,24-25,28,31,34,37,40-47,49,51-71H2,1-5H3/b10-8-,11-9-,16-14-,17-15-,22-20-,23-21-,27-26-,30-29-,33-32-,36-35-,39-38-,50-48-. The lowest BCUT2D eigenvalue weighted by atomic mass is 10.0. The summed E-state index contributed by atoms with van der Waals surface area (Å²) in [6.07, 6.45) is 93.5. The van der Waals surface area contributed by atoms with Crippen LogP contribution in [0.15, 0.2) is 146 Å². The molecule has 0 spiro atoms. The van der Waals surface area contributed by atoms with Gasteiger partial charge in [-0.2, -0.15) is 0 Å². The van der Waals surface area contributed by atoms with Gasteiger partial charge >= 0.3 is 11.9 Å². The van der Waals surface area contributed by atoms with E-state index in [1.807, 2.05) is 21.1 Å². The summed E-state index contributed by atoms with van der Waals surface area (Å²) in [6, 6.07) is 0. The Morgan fingerprint density at radius 2 is 0.643 bits per heavy atom. The number of ether oxygens (including phenoxy) is 2. The van der Waals surface area contributed by atoms with Gasteiger partial charge in [0, 0.05) is 12.8 Å². The predicted molar refractivity (Wildman–Crippen MR) is 360 cm³/mol. The molecule has 0 saturated carbocycles. The van der Waals surface area contributed by atoms with Crippen LogP contribution in [0.5, 0.6) is 0 Å². The highest BCUT2D eigenvalue weighted by molar-refractivity contribution is 7.45. The van der Waals surface area contributed by atoms with Crippen LogP contribution in [-0.4, -0.2) is 70.0 Å². The van der Waals surface area contributed by atoms with E-state index in [2.05, 4.69) is 160 Å². The van der Waals surface area contributed by atoms with Crippen LogP contribution in [-0.2, 0) is 32.7 Å². The lowest BCUT2D eigenvalue weighted by Crippen LogP contribution is -2.37. The molecule has 0 aromatic heterocycles. The van der Waals surface area contributed by atoms with Crippen LogP contribution in [0.3, 0.4) is 0 Å². The zero-order valence-electron chi connectivity index (χ0n) is 54.3. The van der Waals surface area contributed by atoms with E-state index in [1.165, 1.54) is 83.5 Å². The van der Waals surface area contributed by atoms with Gasteiger partial charge in [-0.05, 0) is 116 Å². The molecular formula is C74H124NO8P. The first kappa shape index (κ1) is 79.9. The van der Waals surface area contributed by atoms with Crippen molar-refractivity contribution >= 4 is 19.8 Å². The minimum absolute atomic E-state index is 0.0391. The molecule has 0 rings (SSSR count). The molecule has 0 amide bonds. The van der Waals surface area contributed by atoms with E-state index < -0.39 is 32.5 Å². The number of hydrogen-bond donors (Lipinski definition) is 0. The smallest absolute Gasteiger partial charge is 0.306 e. The molecule has 0 saturated heterocycles. The van der Waals surface area contributed by atoms with Crippen molar-refractivity contribution in [3.8, 4) is 0 Å². The molecule has 0 radical (unpaired) electrons. The highest BCUT2D eigenvalue weighted by Crippen LogP contribution is 2.38. The number of carbonyl (C=O) groups is 2. The van der Waals surface area contributed by atoms with Gasteiger partial charge in [0.15, 0.2) is 6.10 Å². The van der Waals surface area contributed by atoms with Crippen molar-refractivity contribution in [3.05, 3.63) is 146 Å². The average molecular weight is 1190 g/mol. The Morgan fingerprint density at radius 3 is 0.952 bits per heavy atom. The van der Waals surface area contributed by atoms with Crippen molar-refractivity contribution in [1.29, 1.82) is 0 Å². The Kier molecular flexibility index (Phi) is 60.3. The van der Waals surface area contributed by atoms with Gasteiger partial charge in [-0.1, -0.05) is 275 Å². The van der Waals surface area contributed by atoms with E-state index in [4.69, 9.17) is 18.5 Å². The van der Waals surface area contributed by atoms with Crippen LogP contribution in [0.2, 0.25) is 0 Å². The summed E-state index contributed by atoms with van der Waals surface area (Å²) < 4.78 is 34.2. The topological polar surface area (TPSA) is 111 Å². The van der Waals surface area contributed by atoms with Crippen LogP contribution in [0.4, 0.5) is 0 Å². The van der Waals surface area contributed by atoms with Crippen LogP contribution in [0.25, 0.3) is 0 Å². The molecule has 0 bridgehead atoms. The number of carbonyl (C=O) groups excluding carboxylic acids is 2. The highest BCUT2D eigenvalue weighted by Gasteiger charge is 2.22. The molecular weight excluding hydrogens is 1060 g/mol. The van der Waals surface area contributed by atoms with E-state index in [0.717, 1.165) is 135 Å². The largest absolute Gasteiger partial charge is 0.756 e. The first-order valence-electron chi connectivity index (χ1n) is 33.5. The summed E-state index contributed by atoms with van der Waals surface area (Å²) in [7, 11) is 1.15. The Balaban J connectivity index is 4.04. The van der Waals surface area contributed by atoms with Gasteiger partial charge in [-0.15, -0.1) is 0 Å². The summed E-state index contributed by atoms with van der Waals surface area (Å²) in [5, 5.41) is 0. The zero-order chi connectivity index (χ0) is 61.2. The molecule has 0 heterocycles. The maximum absolute atomic E-state index is 12.8. The van der Waals surface area contributed by atoms with Crippen molar-refractivity contribution in [1.82, 2.24) is 0 Å². The monoisotopic (exact) mass is 1190 g/mol. The molecule has 0 N–H and O–H groups in total. The third-order valence-electron chi connectivity index (χ3n) is 13.9. The quantitative estimate of drug-likeness (QED) is 0.0195. The van der Waals surface area contributed by atoms with E-state index in [9.17, 15) is 19.0 Å². The lowest BCUT2D eigenvalue weighted by Gasteiger charge is -2.28. The number of hydrogen-bond acceptors (Lipinski definition) is 8. The molecule has 0 fully saturated rings. The van der Waals surface area contributed by atoms with E-state index >= 15 is 0 Å². The lowest BCUT2D eigenvalue weighted by molar-refractivity contribution is -0.870. The molecule has 0 aliphatic carbocycles. The maximum atomic E-state index is 12.8. The summed E-state index contributed by atoms with van der Waals surface area (Å²) in [5.74, 6) is -0.853. The highest BCUT2D eigenvalue weighted by atomic mass is 31.2. The molecule has 0 aliphatic heterocycles. The van der Waals surface area contributed by atoms with Crippen LogP contribution < -0.4 is 4.89 Å². The van der Waals surface area contributed by atoms with Gasteiger partial charge in [0.05, 0.1) is 27.7 Å². The van der Waals surface area contributed by atoms with E-state index in [0.29, 0.717) is 23.9 Å². The van der Waals surface area contributed by atoms with E-state index in [-0.39, 0.29) is 26.1 Å². The third kappa shape index (κ3) is 67.0. The van der Waals surface area contributed by atoms with Gasteiger partial charge in [-0.3, -0.25) is 14.2 Å². The molecule has 2 atom stereocenters. The van der Waals surface area contributed by atoms with Gasteiger partial charge in [0.2, 0.25) is 0 Å². The summed E-state index contributed by atoms with van der Waals surface area (Å²) in [4.78, 5) is 38.0. The van der Waals surface area contributed by atoms with Gasteiger partial charge in [-0.25, -0.2) is 0 Å². The van der Waals surface area contributed by atoms with Crippen molar-refractivity contribution in [2.75, 3.05) is 47.5 Å². The summed E-state index contributed by atoms with van der Waals surface area (Å²) >= 11 is 0. The molecule has 0 aromatic carbocycles. The number of allylic oxidation sites excluding steroid dienone is 24. The fourth-order valence-electron chi connectivity index (χ4n) is 8.78. The number of phosphoric ester groups is 1. The van der Waals surface area contributed by atoms with Gasteiger partial charge < -0.3 is 27.9 Å². The van der Waals surface area contributed by atoms with Crippen LogP contribution in [0.1, 0.15) is 258 Å². The minimum atomic E-state index is -4.65. The van der Waals surface area contributed by atoms with Crippen molar-refractivity contribution in [2.24, 2.45) is 0 Å². The van der Waals surface area contributed by atoms with E-state index in [1.54, 1.807) is 0 Å². The van der Waals surface area contributed by atoms with Gasteiger partial charge in [0.1, 0.15) is 19.8 Å². The Hall–Kier alpha value is -4.11. The molecule has 10 heteroatoms. The normalized spacial score (nSPS) is 14.1. The fourth-order valence-corrected chi connectivity index (χ4v) is 9.51. The summed E-state index contributed by atoms with van der Waals surface area (Å²) in [6.45, 7) is 3.99. The number of rotatable bonds is 60. The second kappa shape index (κ2) is 63.4. The molecule has 478 valence electrons. The Bertz CT molecular complexity index is 1930. The molecule has 0 aliphatic rings. The van der Waals surface area contributed by atoms with Crippen molar-refractivity contribution < 1.29 is 42.1 Å². The van der Waals surface area contributed by atoms with Crippen molar-refractivity contribution in [3.63, 3.8) is 0 Å². The second-order valence-corrected chi connectivity index (χ2v) is 24.5. The van der Waals surface area contributed by atoms with Crippen LogP contribution >= 0.6 is 7.82 Å². The average Bonchev–Trinajstić information content (AvgIpc) is 3.61. The number of phosphoric acid groups is 1. The Labute approximate surface area is 516 Å². The molecule has 2 unspecified atom stereocenters. The maximum Gasteiger partial charge on any atom is 0.306 e. The third-order valence-corrected chi connectivity index (χ3v) is 14.8. The first-order chi connectivity index (χ1) is 41.0. The van der Waals surface area contributed by atoms with Crippen molar-refractivity contribution in [2.45, 2.75) is 264 Å². The second-order valence-electron chi connectivity index (χ2n) is 23.1. The molecule has 0 aromatic rings. The molecule has 84 heavy (non-hydrogen) atoms. The number of quaternary nitrogens is 1. The van der Waals surface area contributed by atoms with Gasteiger partial charge in [0.25, 0.3) is 7.82 Å². The fraction of sp³-hybridized carbons (Fsp3) is 0.649. The number of esters is 2. The first-order valence-corrected chi connectivity index (χ1v) is 35.0. The SMILES string of the molecule is CC/C=C\C/C=C\C/C=C\C/C=C\C/C=C\C/C=C\C/C=C\C/C=C\CCCCCCCCCCCCCCCCCCC(=O)OC(COC(=O)CCCCCCCC/C=C\C/C=C\C/C=C\C/C=C\CC)COP(=O)([O-])OCC[N+](C)(C)C. The summed E-state index contributed by atoms with van der Waals surface area (Å²) in [5.41, 5.74) is 0. The number of nitrogens with zero attached hydrogens (tertiary/aromatic N) is 1. The number of likely N-dealkylation sites (N-methyl/N-ethyl adjacent to an activating group) is 1. The number of unbranched alkanes of at least 4 members (excludes halogenated alkanes) is 22. The Morgan fingerprint density at radius 1 is 0.369 bits per heavy atom.